The van der Waals surface area contributed by atoms with Gasteiger partial charge in [0.15, 0.2) is 17.3 Å². The van der Waals surface area contributed by atoms with Gasteiger partial charge >= 0.3 is 0 Å². The van der Waals surface area contributed by atoms with Gasteiger partial charge in [-0.2, -0.15) is 0 Å². The number of hydrogen-bond donors (Lipinski definition) is 3. The summed E-state index contributed by atoms with van der Waals surface area (Å²) in [5.41, 5.74) is 20.1. The molecule has 0 saturated heterocycles. The first-order valence-corrected chi connectivity index (χ1v) is 63.1. The number of ketones is 3. The number of aliphatic hydroxyl groups is 3. The Balaban J connectivity index is 0.000000152. The molecule has 10 saturated carbocycles. The van der Waals surface area contributed by atoms with Crippen LogP contribution in [0.3, 0.4) is 0 Å². The number of benzene rings is 11. The Bertz CT molecular complexity index is 7590. The van der Waals surface area contributed by atoms with Gasteiger partial charge in [0, 0.05) is 138 Å². The largest absolute Gasteiger partial charge is 0.512 e. The molecule has 10 fully saturated rings. The molecule has 10 aliphatic carbocycles. The molecule has 3 radical (unpaired) electrons. The van der Waals surface area contributed by atoms with Crippen LogP contribution in [-0.4, -0.2) is 71.8 Å². The quantitative estimate of drug-likeness (QED) is 0.0251. The average Bonchev–Trinajstić information content (AvgIpc) is 0.709. The van der Waals surface area contributed by atoms with Crippen molar-refractivity contribution in [2.45, 2.75) is 255 Å². The molecule has 8 bridgehead atoms. The van der Waals surface area contributed by atoms with E-state index in [2.05, 4.69) is 250 Å². The topological polar surface area (TPSA) is 151 Å². The number of carbonyl (C=O) groups excluding carboxylic acids is 3. The van der Waals surface area contributed by atoms with Crippen LogP contribution in [-0.2, 0) is 69.9 Å². The van der Waals surface area contributed by atoms with E-state index in [-0.39, 0.29) is 113 Å². The Morgan fingerprint density at radius 2 is 0.709 bits per heavy atom. The third kappa shape index (κ3) is 27.3. The number of nitrogens with zero attached hydrogens (tertiary/aromatic N) is 3. The first-order chi connectivity index (χ1) is 75.0. The van der Waals surface area contributed by atoms with Crippen LogP contribution in [0, 0.1) is 118 Å². The van der Waals surface area contributed by atoms with E-state index in [1.54, 1.807) is 60.7 Å². The summed E-state index contributed by atoms with van der Waals surface area (Å²) in [5, 5.41) is 39.5. The minimum absolute atomic E-state index is 0. The van der Waals surface area contributed by atoms with Crippen molar-refractivity contribution in [3.05, 3.63) is 352 Å². The molecule has 0 aliphatic heterocycles. The first-order valence-electron chi connectivity index (χ1n) is 59.6. The summed E-state index contributed by atoms with van der Waals surface area (Å²) >= 11 is 0. The van der Waals surface area contributed by atoms with E-state index in [9.17, 15) is 29.7 Å². The molecule has 148 heavy (non-hydrogen) atoms. The number of aromatic nitrogens is 3. The summed E-state index contributed by atoms with van der Waals surface area (Å²) in [7, 11) is -4.46. The smallest absolute Gasteiger partial charge is 0.189 e. The van der Waals surface area contributed by atoms with Gasteiger partial charge in [-0.15, -0.1) is 105 Å². The molecular weight excluding hydrogens is 2400 g/mol. The number of aryl methyl sites for hydroxylation is 6. The summed E-state index contributed by atoms with van der Waals surface area (Å²) in [5.74, 6) is -1.68. The van der Waals surface area contributed by atoms with Crippen molar-refractivity contribution in [1.82, 2.24) is 15.0 Å². The Kier molecular flexibility index (Phi) is 31.5. The number of hydrogen-bond acceptors (Lipinski definition) is 9. The minimum atomic E-state index is -2.79. The zero-order valence-corrected chi connectivity index (χ0v) is 98.6. The van der Waals surface area contributed by atoms with E-state index in [1.807, 2.05) is 38.1 Å². The van der Waals surface area contributed by atoms with Crippen molar-refractivity contribution in [3.8, 4) is 67.2 Å². The average molecular weight is 2560 g/mol. The van der Waals surface area contributed by atoms with Crippen LogP contribution in [0.5, 0.6) is 0 Å². The van der Waals surface area contributed by atoms with E-state index in [1.165, 1.54) is 98.2 Å². The summed E-state index contributed by atoms with van der Waals surface area (Å²) in [4.78, 5) is 53.7. The Hall–Kier alpha value is -10.1. The molecule has 9 nitrogen and oxygen atoms in total. The molecule has 15 heteroatoms. The molecule has 0 spiro atoms. The van der Waals surface area contributed by atoms with E-state index in [4.69, 9.17) is 34.1 Å². The van der Waals surface area contributed by atoms with Gasteiger partial charge in [-0.1, -0.05) is 361 Å². The minimum Gasteiger partial charge on any atom is -0.512 e. The molecule has 11 aromatic carbocycles. The fraction of sp³-hybridized carbons (Fsp3) is 0.368. The van der Waals surface area contributed by atoms with Crippen LogP contribution >= 0.6 is 0 Å². The fourth-order valence-corrected chi connectivity index (χ4v) is 28.1. The molecule has 0 unspecified atom stereocenters. The zero-order valence-electron chi connectivity index (χ0n) is 102. The SMILES string of the molecule is Cc1[c-]c(-c2cc(-c3ccccc3)c3cc([Si](C)(C)C)ccc3n2)cc(C)c1.Cc1[c-]c(-c2cc(-c3ccccc3)c3cc([Si](C)(C)C)ccc3n2)cc(C)c1.[2H]C(C(=O)c1ccccc1)=C(O)c1ccccc1.[2H]C([2H])([2H])C(C(=O)C1([2H])CCCCC1)=C(O)C1([2H])CCCCC1.[2H]C([2H])([2H])C(C(=O)C12CC3CC(CC(C3)C1)C2)=C(O)C12CC3CC(CC(C3)C1)C2.[2H]c1c([2H])c([2H])c(-c2cc(-c3[c-]c(C)cc(C)c3)nc3ccc([Si](C)(C)C)cc23)c([2H])c1[2H].[Ir].[Ir].[Ir]. The van der Waals surface area contributed by atoms with Gasteiger partial charge in [0.1, 0.15) is 17.3 Å². The van der Waals surface area contributed by atoms with Gasteiger partial charge in [0.25, 0.3) is 0 Å². The van der Waals surface area contributed by atoms with Gasteiger partial charge in [-0.25, -0.2) is 0 Å². The molecule has 10 aliphatic rings. The normalized spacial score (nSPS) is 22.6. The Labute approximate surface area is 945 Å². The van der Waals surface area contributed by atoms with Crippen molar-refractivity contribution in [1.29, 1.82) is 0 Å². The molecule has 3 heterocycles. The van der Waals surface area contributed by atoms with Gasteiger partial charge in [-0.3, -0.25) is 29.3 Å². The maximum Gasteiger partial charge on any atom is 0.189 e. The Morgan fingerprint density at radius 1 is 0.385 bits per heavy atom. The van der Waals surface area contributed by atoms with Crippen LogP contribution in [0.15, 0.2) is 289 Å². The van der Waals surface area contributed by atoms with Gasteiger partial charge in [-0.05, 0) is 221 Å². The maximum atomic E-state index is 14.0. The van der Waals surface area contributed by atoms with E-state index < -0.39 is 95.5 Å². The molecular formula is C133H150Ir3N3O6Si3-3. The van der Waals surface area contributed by atoms with Crippen molar-refractivity contribution in [2.75, 3.05) is 0 Å². The summed E-state index contributed by atoms with van der Waals surface area (Å²) in [6.07, 6.45) is 18.8. The third-order valence-corrected chi connectivity index (χ3v) is 37.2. The van der Waals surface area contributed by atoms with Gasteiger partial charge in [0.05, 0.1) is 49.0 Å². The van der Waals surface area contributed by atoms with E-state index >= 15 is 0 Å². The number of carbonyl (C=O) groups is 3. The summed E-state index contributed by atoms with van der Waals surface area (Å²) < 4.78 is 114. The van der Waals surface area contributed by atoms with Crippen molar-refractivity contribution in [2.24, 2.45) is 58.1 Å². The van der Waals surface area contributed by atoms with Crippen LogP contribution < -0.4 is 15.6 Å². The van der Waals surface area contributed by atoms with E-state index in [0.29, 0.717) is 83.6 Å². The number of pyridine rings is 3. The predicted molar refractivity (Wildman–Crippen MR) is 615 cm³/mol. The monoisotopic (exact) mass is 2560 g/mol. The number of fused-ring (bicyclic) bond motifs is 3. The van der Waals surface area contributed by atoms with Crippen LogP contribution in [0.2, 0.25) is 58.9 Å². The second-order valence-electron chi connectivity index (χ2n) is 46.0. The van der Waals surface area contributed by atoms with Crippen molar-refractivity contribution in [3.63, 3.8) is 0 Å². The third-order valence-electron chi connectivity index (χ3n) is 31.1. The number of rotatable bonds is 18. The van der Waals surface area contributed by atoms with Crippen LogP contribution in [0.25, 0.3) is 106 Å². The van der Waals surface area contributed by atoms with Crippen molar-refractivity contribution < 1.29 is 109 Å². The summed E-state index contributed by atoms with van der Waals surface area (Å²) in [6, 6.07) is 85.7. The molecule has 3 aromatic heterocycles. The maximum absolute atomic E-state index is 14.0. The van der Waals surface area contributed by atoms with Crippen molar-refractivity contribution >= 4 is 95.6 Å². The van der Waals surface area contributed by atoms with Gasteiger partial charge in [0.2, 0.25) is 0 Å². The van der Waals surface area contributed by atoms with Gasteiger partial charge < -0.3 is 15.3 Å². The number of Topliss-reactive ketones (excluding diaryl/α,β-unsaturated/α-hetero) is 2. The molecule has 3 N–H and O–H groups in total. The second kappa shape index (κ2) is 49.1. The molecule has 14 aromatic rings. The standard InChI is InChI=1S/3C26H26NSi.C24H34O2.C16H26O2.C15H12O2.3Ir/c3*1-18-13-19(2)15-21(14-18)26-17-23(20-9-7-6-8-10-20)24-16-22(28(3,4)5)11-12-25(24)27-26;1-14(21(25)23-8-15-2-16(9-23)4-17(3-15)10-23)22(26)24-11-18-5-19(12-24)7-20(6-18)13-24;1-12(15(17)13-8-4-2-5-9-13)16(18)14-10-6-3-7-11-14;16-14(12-7-3-1-4-8-12)11-15(17)13-9-5-2-6-10-13;;;/h3*6-14,16-17H,1-5H3;15-20,25H,2-13H2,1H3;13-14,17H,2-11H2,1H3;1-11,16H;;;/q3*-1;;;;;;/i6D,7D,8D,9D,10D;;;1D3;1D3,13D,14D;11D;;;. The van der Waals surface area contributed by atoms with E-state index in [0.717, 1.165) is 149 Å². The number of aliphatic hydroxyl groups excluding tert-OH is 3. The fourth-order valence-electron chi connectivity index (χ4n) is 24.6. The first kappa shape index (κ1) is 95.0. The van der Waals surface area contributed by atoms with Crippen LogP contribution in [0.4, 0.5) is 0 Å². The number of allylic oxidation sites excluding steroid dienone is 5. The Morgan fingerprint density at radius 3 is 1.05 bits per heavy atom. The molecule has 775 valence electrons. The zero-order chi connectivity index (χ0) is 114. The molecule has 0 amide bonds. The summed E-state index contributed by atoms with van der Waals surface area (Å²) in [6.45, 7) is 28.2. The molecule has 24 rings (SSSR count). The van der Waals surface area contributed by atoms with Crippen LogP contribution in [0.1, 0.15) is 223 Å². The molecule has 0 atom stereocenters. The predicted octanol–water partition coefficient (Wildman–Crippen LogP) is 33.4. The second-order valence-corrected chi connectivity index (χ2v) is 61.2.